The van der Waals surface area contributed by atoms with Crippen molar-refractivity contribution in [1.29, 1.82) is 0 Å². The van der Waals surface area contributed by atoms with Gasteiger partial charge in [0, 0.05) is 24.8 Å². The molecule has 3 heteroatoms. The fourth-order valence-electron chi connectivity index (χ4n) is 3.00. The van der Waals surface area contributed by atoms with Crippen LogP contribution in [0.4, 0.5) is 0 Å². The van der Waals surface area contributed by atoms with E-state index in [1.54, 1.807) is 0 Å². The maximum absolute atomic E-state index is 4.35. The fourth-order valence-corrected chi connectivity index (χ4v) is 3.00. The normalized spacial score (nSPS) is 24.3. The number of imidazole rings is 1. The Kier molecular flexibility index (Phi) is 3.18. The van der Waals surface area contributed by atoms with Gasteiger partial charge in [0.05, 0.1) is 12.0 Å². The van der Waals surface area contributed by atoms with Crippen molar-refractivity contribution in [1.82, 2.24) is 14.9 Å². The summed E-state index contributed by atoms with van der Waals surface area (Å²) in [6.45, 7) is 5.78. The third-order valence-electron chi connectivity index (χ3n) is 4.60. The Labute approximate surface area is 110 Å². The molecule has 1 N–H and O–H groups in total. The lowest BCUT2D eigenvalue weighted by Gasteiger charge is -2.35. The molecule has 1 heterocycles. The highest BCUT2D eigenvalue weighted by Crippen LogP contribution is 2.40. The monoisotopic (exact) mass is 247 g/mol. The molecule has 18 heavy (non-hydrogen) atoms. The molecular formula is C15H25N3. The minimum absolute atomic E-state index is 0.545. The molecule has 0 saturated heterocycles. The lowest BCUT2D eigenvalue weighted by atomic mass is 9.75. The molecule has 1 aromatic heterocycles. The van der Waals surface area contributed by atoms with Crippen molar-refractivity contribution in [2.24, 2.45) is 5.41 Å². The number of rotatable bonds is 4. The summed E-state index contributed by atoms with van der Waals surface area (Å²) in [5.41, 5.74) is 1.91. The van der Waals surface area contributed by atoms with Gasteiger partial charge in [-0.15, -0.1) is 0 Å². The van der Waals surface area contributed by atoms with E-state index in [1.807, 2.05) is 12.5 Å². The van der Waals surface area contributed by atoms with E-state index in [-0.39, 0.29) is 0 Å². The highest BCUT2D eigenvalue weighted by molar-refractivity contribution is 5.02. The van der Waals surface area contributed by atoms with Gasteiger partial charge in [-0.1, -0.05) is 13.8 Å². The molecule has 0 spiro atoms. The van der Waals surface area contributed by atoms with Crippen LogP contribution in [0.25, 0.3) is 0 Å². The van der Waals surface area contributed by atoms with E-state index in [0.29, 0.717) is 11.5 Å². The van der Waals surface area contributed by atoms with Gasteiger partial charge in [-0.25, -0.2) is 4.98 Å². The van der Waals surface area contributed by atoms with Crippen LogP contribution in [0.3, 0.4) is 0 Å². The van der Waals surface area contributed by atoms with Gasteiger partial charge in [0.25, 0.3) is 0 Å². The molecular weight excluding hydrogens is 222 g/mol. The SMILES string of the molecule is CC1(C)CCC(n2cncc2CNC2CC2)CC1. The predicted octanol–water partition coefficient (Wildman–Crippen LogP) is 3.28. The molecule has 3 rings (SSSR count). The highest BCUT2D eigenvalue weighted by Gasteiger charge is 2.28. The molecule has 0 amide bonds. The van der Waals surface area contributed by atoms with Gasteiger partial charge in [0.15, 0.2) is 0 Å². The second-order valence-corrected chi connectivity index (χ2v) is 6.84. The van der Waals surface area contributed by atoms with Crippen molar-refractivity contribution in [3.05, 3.63) is 18.2 Å². The first-order valence-electron chi connectivity index (χ1n) is 7.38. The Morgan fingerprint density at radius 3 is 2.67 bits per heavy atom. The van der Waals surface area contributed by atoms with Gasteiger partial charge in [0.1, 0.15) is 0 Å². The van der Waals surface area contributed by atoms with Crippen LogP contribution in [0.2, 0.25) is 0 Å². The lowest BCUT2D eigenvalue weighted by Crippen LogP contribution is -2.25. The maximum atomic E-state index is 4.35. The summed E-state index contributed by atoms with van der Waals surface area (Å²) in [6.07, 6.45) is 12.1. The van der Waals surface area contributed by atoms with Crippen LogP contribution in [-0.2, 0) is 6.54 Å². The third-order valence-corrected chi connectivity index (χ3v) is 4.60. The Hall–Kier alpha value is -0.830. The van der Waals surface area contributed by atoms with Crippen LogP contribution in [0.15, 0.2) is 12.5 Å². The standard InChI is InChI=1S/C15H25N3/c1-15(2)7-5-13(6-8-15)18-11-16-9-14(18)10-17-12-3-4-12/h9,11-13,17H,3-8,10H2,1-2H3. The smallest absolute Gasteiger partial charge is 0.0951 e. The van der Waals surface area contributed by atoms with Crippen molar-refractivity contribution >= 4 is 0 Å². The van der Waals surface area contributed by atoms with Gasteiger partial charge in [-0.05, 0) is 43.9 Å². The van der Waals surface area contributed by atoms with Crippen molar-refractivity contribution in [2.75, 3.05) is 0 Å². The molecule has 0 aliphatic heterocycles. The fraction of sp³-hybridized carbons (Fsp3) is 0.800. The van der Waals surface area contributed by atoms with E-state index in [0.717, 1.165) is 12.6 Å². The highest BCUT2D eigenvalue weighted by atomic mass is 15.1. The first-order valence-corrected chi connectivity index (χ1v) is 7.38. The molecule has 3 nitrogen and oxygen atoms in total. The number of nitrogens with one attached hydrogen (secondary N) is 1. The Morgan fingerprint density at radius 2 is 2.00 bits per heavy atom. The second-order valence-electron chi connectivity index (χ2n) is 6.84. The quantitative estimate of drug-likeness (QED) is 0.885. The number of hydrogen-bond acceptors (Lipinski definition) is 2. The van der Waals surface area contributed by atoms with Crippen LogP contribution in [0.1, 0.15) is 64.1 Å². The molecule has 2 aliphatic rings. The third kappa shape index (κ3) is 2.77. The van der Waals surface area contributed by atoms with Gasteiger partial charge in [0.2, 0.25) is 0 Å². The van der Waals surface area contributed by atoms with Gasteiger partial charge in [-0.2, -0.15) is 0 Å². The zero-order chi connectivity index (χ0) is 12.6. The summed E-state index contributed by atoms with van der Waals surface area (Å²) in [4.78, 5) is 4.35. The molecule has 100 valence electrons. The first kappa shape index (κ1) is 12.2. The van der Waals surface area contributed by atoms with Crippen LogP contribution in [0.5, 0.6) is 0 Å². The van der Waals surface area contributed by atoms with E-state index in [2.05, 4.69) is 28.7 Å². The van der Waals surface area contributed by atoms with Gasteiger partial charge in [-0.3, -0.25) is 0 Å². The zero-order valence-electron chi connectivity index (χ0n) is 11.7. The summed E-state index contributed by atoms with van der Waals surface area (Å²) in [6, 6.07) is 1.45. The molecule has 2 saturated carbocycles. The van der Waals surface area contributed by atoms with Gasteiger partial charge < -0.3 is 9.88 Å². The summed E-state index contributed by atoms with van der Waals surface area (Å²) in [7, 11) is 0. The molecule has 0 unspecified atom stereocenters. The molecule has 0 radical (unpaired) electrons. The van der Waals surface area contributed by atoms with E-state index in [4.69, 9.17) is 0 Å². The average Bonchev–Trinajstić information content (AvgIpc) is 3.05. The predicted molar refractivity (Wildman–Crippen MR) is 73.4 cm³/mol. The lowest BCUT2D eigenvalue weighted by molar-refractivity contribution is 0.191. The van der Waals surface area contributed by atoms with Crippen molar-refractivity contribution in [3.63, 3.8) is 0 Å². The Morgan fingerprint density at radius 1 is 1.28 bits per heavy atom. The number of hydrogen-bond donors (Lipinski definition) is 1. The summed E-state index contributed by atoms with van der Waals surface area (Å²) in [5.74, 6) is 0. The summed E-state index contributed by atoms with van der Waals surface area (Å²) >= 11 is 0. The van der Waals surface area contributed by atoms with E-state index in [9.17, 15) is 0 Å². The largest absolute Gasteiger partial charge is 0.330 e. The minimum atomic E-state index is 0.545. The average molecular weight is 247 g/mol. The van der Waals surface area contributed by atoms with Crippen LogP contribution in [-0.4, -0.2) is 15.6 Å². The molecule has 0 atom stereocenters. The van der Waals surface area contributed by atoms with Crippen molar-refractivity contribution in [3.8, 4) is 0 Å². The van der Waals surface area contributed by atoms with Crippen molar-refractivity contribution < 1.29 is 0 Å². The Balaban J connectivity index is 1.62. The van der Waals surface area contributed by atoms with E-state index in [1.165, 1.54) is 44.2 Å². The van der Waals surface area contributed by atoms with Crippen LogP contribution >= 0.6 is 0 Å². The topological polar surface area (TPSA) is 29.9 Å². The van der Waals surface area contributed by atoms with Crippen LogP contribution < -0.4 is 5.32 Å². The second kappa shape index (κ2) is 4.69. The Bertz CT molecular complexity index is 394. The molecule has 2 fully saturated rings. The summed E-state index contributed by atoms with van der Waals surface area (Å²) < 4.78 is 2.42. The minimum Gasteiger partial charge on any atom is -0.330 e. The molecule has 2 aliphatic carbocycles. The maximum Gasteiger partial charge on any atom is 0.0951 e. The summed E-state index contributed by atoms with van der Waals surface area (Å²) in [5, 5.41) is 3.59. The van der Waals surface area contributed by atoms with Crippen molar-refractivity contribution in [2.45, 2.75) is 71.0 Å². The van der Waals surface area contributed by atoms with Gasteiger partial charge >= 0.3 is 0 Å². The molecule has 0 bridgehead atoms. The van der Waals surface area contributed by atoms with E-state index < -0.39 is 0 Å². The first-order chi connectivity index (χ1) is 8.64. The number of nitrogens with zero attached hydrogens (tertiary/aromatic N) is 2. The molecule has 1 aromatic rings. The van der Waals surface area contributed by atoms with Crippen LogP contribution in [0, 0.1) is 5.41 Å². The zero-order valence-corrected chi connectivity index (χ0v) is 11.7. The molecule has 0 aromatic carbocycles. The number of aromatic nitrogens is 2. The van der Waals surface area contributed by atoms with E-state index >= 15 is 0 Å².